The lowest BCUT2D eigenvalue weighted by Crippen LogP contribution is -2.57. The zero-order valence-electron chi connectivity index (χ0n) is 12.2. The molecule has 0 aromatic carbocycles. The molecular weight excluding hydrogens is 246 g/mol. The Morgan fingerprint density at radius 2 is 1.79 bits per heavy atom. The molecule has 0 spiro atoms. The van der Waals surface area contributed by atoms with E-state index in [-0.39, 0.29) is 11.6 Å². The topological polar surface area (TPSA) is 72.5 Å². The molecule has 1 aliphatic rings. The highest BCUT2D eigenvalue weighted by atomic mass is 16.6. The lowest BCUT2D eigenvalue weighted by atomic mass is 9.77. The van der Waals surface area contributed by atoms with Crippen LogP contribution in [0.25, 0.3) is 0 Å². The largest absolute Gasteiger partial charge is 0.444 e. The van der Waals surface area contributed by atoms with Crippen molar-refractivity contribution in [2.24, 2.45) is 0 Å². The molecule has 19 heavy (non-hydrogen) atoms. The number of nitrogens with one attached hydrogen (secondary N) is 1. The van der Waals surface area contributed by atoms with Crippen LogP contribution in [0.1, 0.15) is 59.8 Å². The van der Waals surface area contributed by atoms with E-state index in [1.807, 2.05) is 0 Å². The summed E-state index contributed by atoms with van der Waals surface area (Å²) in [4.78, 5) is 35.3. The number of hydrogen-bond donors (Lipinski definition) is 1. The quantitative estimate of drug-likeness (QED) is 0.853. The molecule has 1 saturated carbocycles. The smallest absolute Gasteiger partial charge is 0.408 e. The SMILES string of the molecule is CCC(=O)C1(NC(=O)OC(C)(C)C)CCC(=O)CC1. The van der Waals surface area contributed by atoms with Crippen LogP contribution in [0, 0.1) is 0 Å². The van der Waals surface area contributed by atoms with Crippen LogP contribution in [0.3, 0.4) is 0 Å². The summed E-state index contributed by atoms with van der Waals surface area (Å²) >= 11 is 0. The normalized spacial score (nSPS) is 18.8. The average molecular weight is 269 g/mol. The number of Topliss-reactive ketones (excluding diaryl/α,β-unsaturated/α-hetero) is 2. The van der Waals surface area contributed by atoms with E-state index in [0.717, 1.165) is 0 Å². The van der Waals surface area contributed by atoms with E-state index in [0.29, 0.717) is 32.1 Å². The maximum absolute atomic E-state index is 12.1. The van der Waals surface area contributed by atoms with E-state index in [1.165, 1.54) is 0 Å². The van der Waals surface area contributed by atoms with Gasteiger partial charge in [0.05, 0.1) is 0 Å². The Morgan fingerprint density at radius 3 is 2.21 bits per heavy atom. The minimum absolute atomic E-state index is 0.0362. The van der Waals surface area contributed by atoms with Crippen molar-refractivity contribution >= 4 is 17.7 Å². The molecule has 0 aliphatic heterocycles. The molecule has 0 atom stereocenters. The molecule has 0 bridgehead atoms. The highest BCUT2D eigenvalue weighted by Crippen LogP contribution is 2.28. The van der Waals surface area contributed by atoms with Gasteiger partial charge in [-0.2, -0.15) is 0 Å². The van der Waals surface area contributed by atoms with Crippen LogP contribution in [0.15, 0.2) is 0 Å². The van der Waals surface area contributed by atoms with Crippen LogP contribution < -0.4 is 5.32 Å². The van der Waals surface area contributed by atoms with Crippen molar-refractivity contribution in [3.63, 3.8) is 0 Å². The van der Waals surface area contributed by atoms with E-state index in [9.17, 15) is 14.4 Å². The number of amides is 1. The van der Waals surface area contributed by atoms with E-state index in [4.69, 9.17) is 4.74 Å². The van der Waals surface area contributed by atoms with Crippen molar-refractivity contribution in [2.45, 2.75) is 70.9 Å². The molecule has 1 fully saturated rings. The van der Waals surface area contributed by atoms with E-state index >= 15 is 0 Å². The number of ketones is 2. The number of hydrogen-bond acceptors (Lipinski definition) is 4. The van der Waals surface area contributed by atoms with Gasteiger partial charge in [-0.1, -0.05) is 6.92 Å². The van der Waals surface area contributed by atoms with Gasteiger partial charge < -0.3 is 10.1 Å². The Balaban J connectivity index is 2.79. The fourth-order valence-electron chi connectivity index (χ4n) is 2.27. The number of carbonyl (C=O) groups excluding carboxylic acids is 3. The van der Waals surface area contributed by atoms with E-state index < -0.39 is 17.2 Å². The second-order valence-electron chi connectivity index (χ2n) is 6.02. The Morgan fingerprint density at radius 1 is 1.26 bits per heavy atom. The van der Waals surface area contributed by atoms with Gasteiger partial charge in [-0.05, 0) is 33.6 Å². The molecule has 1 amide bonds. The molecule has 0 heterocycles. The number of rotatable bonds is 3. The second-order valence-corrected chi connectivity index (χ2v) is 6.02. The molecular formula is C14H23NO4. The second kappa shape index (κ2) is 5.72. The van der Waals surface area contributed by atoms with Crippen LogP contribution in [0.5, 0.6) is 0 Å². The zero-order chi connectivity index (χ0) is 14.7. The van der Waals surface area contributed by atoms with Crippen molar-refractivity contribution in [1.82, 2.24) is 5.32 Å². The van der Waals surface area contributed by atoms with Crippen LogP contribution in [-0.4, -0.2) is 28.8 Å². The molecule has 0 unspecified atom stereocenters. The van der Waals surface area contributed by atoms with Gasteiger partial charge in [-0.15, -0.1) is 0 Å². The van der Waals surface area contributed by atoms with Gasteiger partial charge in [0.1, 0.15) is 16.9 Å². The van der Waals surface area contributed by atoms with Gasteiger partial charge >= 0.3 is 6.09 Å². The first-order valence-electron chi connectivity index (χ1n) is 6.75. The molecule has 1 aliphatic carbocycles. The summed E-state index contributed by atoms with van der Waals surface area (Å²) in [7, 11) is 0. The summed E-state index contributed by atoms with van der Waals surface area (Å²) in [5.74, 6) is 0.108. The molecule has 0 saturated heterocycles. The third-order valence-electron chi connectivity index (χ3n) is 3.26. The minimum atomic E-state index is -0.926. The highest BCUT2D eigenvalue weighted by molar-refractivity contribution is 5.94. The van der Waals surface area contributed by atoms with Gasteiger partial charge in [0.15, 0.2) is 5.78 Å². The first kappa shape index (κ1) is 15.7. The van der Waals surface area contributed by atoms with E-state index in [2.05, 4.69) is 5.32 Å². The molecule has 108 valence electrons. The summed E-state index contributed by atoms with van der Waals surface area (Å²) < 4.78 is 5.20. The van der Waals surface area contributed by atoms with Crippen molar-refractivity contribution in [2.75, 3.05) is 0 Å². The summed E-state index contributed by atoms with van der Waals surface area (Å²) in [5.41, 5.74) is -1.53. The summed E-state index contributed by atoms with van der Waals surface area (Å²) in [5, 5.41) is 2.70. The molecule has 1 rings (SSSR count). The van der Waals surface area contributed by atoms with Gasteiger partial charge in [-0.3, -0.25) is 9.59 Å². The molecule has 5 nitrogen and oxygen atoms in total. The zero-order valence-corrected chi connectivity index (χ0v) is 12.2. The van der Waals surface area contributed by atoms with Crippen LogP contribution in [0.4, 0.5) is 4.79 Å². The lowest BCUT2D eigenvalue weighted by Gasteiger charge is -2.36. The van der Waals surface area contributed by atoms with E-state index in [1.54, 1.807) is 27.7 Å². The highest BCUT2D eigenvalue weighted by Gasteiger charge is 2.42. The summed E-state index contributed by atoms with van der Waals surface area (Å²) in [6.07, 6.45) is 1.16. The van der Waals surface area contributed by atoms with Gasteiger partial charge in [0, 0.05) is 19.3 Å². The maximum atomic E-state index is 12.1. The summed E-state index contributed by atoms with van der Waals surface area (Å²) in [6, 6.07) is 0. The fraction of sp³-hybridized carbons (Fsp3) is 0.786. The molecule has 0 radical (unpaired) electrons. The van der Waals surface area contributed by atoms with Gasteiger partial charge in [0.2, 0.25) is 0 Å². The molecule has 5 heteroatoms. The van der Waals surface area contributed by atoms with Crippen molar-refractivity contribution in [3.8, 4) is 0 Å². The predicted octanol–water partition coefficient (Wildman–Crippen LogP) is 2.37. The minimum Gasteiger partial charge on any atom is -0.444 e. The van der Waals surface area contributed by atoms with Crippen molar-refractivity contribution in [3.05, 3.63) is 0 Å². The summed E-state index contributed by atoms with van der Waals surface area (Å²) in [6.45, 7) is 7.07. The van der Waals surface area contributed by atoms with Crippen molar-refractivity contribution < 1.29 is 19.1 Å². The third kappa shape index (κ3) is 4.33. The third-order valence-corrected chi connectivity index (χ3v) is 3.26. The van der Waals surface area contributed by atoms with Gasteiger partial charge in [-0.25, -0.2) is 4.79 Å². The Labute approximate surface area is 114 Å². The fourth-order valence-corrected chi connectivity index (χ4v) is 2.27. The standard InChI is InChI=1S/C14H23NO4/c1-5-11(17)14(8-6-10(16)7-9-14)15-12(18)19-13(2,3)4/h5-9H2,1-4H3,(H,15,18). The molecule has 1 N–H and O–H groups in total. The maximum Gasteiger partial charge on any atom is 0.408 e. The van der Waals surface area contributed by atoms with Gasteiger partial charge in [0.25, 0.3) is 0 Å². The Hall–Kier alpha value is -1.39. The molecule has 0 aromatic heterocycles. The average Bonchev–Trinajstić information content (AvgIpc) is 2.29. The van der Waals surface area contributed by atoms with Crippen LogP contribution in [0.2, 0.25) is 0 Å². The van der Waals surface area contributed by atoms with Crippen molar-refractivity contribution in [1.29, 1.82) is 0 Å². The van der Waals surface area contributed by atoms with Crippen LogP contribution in [-0.2, 0) is 14.3 Å². The predicted molar refractivity (Wildman–Crippen MR) is 70.9 cm³/mol. The monoisotopic (exact) mass is 269 g/mol. The number of ether oxygens (including phenoxy) is 1. The molecule has 0 aromatic rings. The lowest BCUT2D eigenvalue weighted by molar-refractivity contribution is -0.129. The Bertz CT molecular complexity index is 371. The van der Waals surface area contributed by atoms with Crippen LogP contribution >= 0.6 is 0 Å². The first-order valence-corrected chi connectivity index (χ1v) is 6.75. The number of carbonyl (C=O) groups is 3. The number of alkyl carbamates (subject to hydrolysis) is 1. The Kier molecular flexibility index (Phi) is 4.71. The first-order chi connectivity index (χ1) is 8.68.